The predicted octanol–water partition coefficient (Wildman–Crippen LogP) is 7.21. The number of ether oxygens (including phenoxy) is 1. The zero-order chi connectivity index (χ0) is 28.3. The first-order valence-corrected chi connectivity index (χ1v) is 13.5. The number of anilines is 1. The molecule has 1 heterocycles. The Kier molecular flexibility index (Phi) is 8.51. The smallest absolute Gasteiger partial charge is 0.303 e. The van der Waals surface area contributed by atoms with Crippen molar-refractivity contribution in [3.8, 4) is 5.75 Å². The molecule has 0 unspecified atom stereocenters. The van der Waals surface area contributed by atoms with Crippen molar-refractivity contribution < 1.29 is 40.6 Å². The standard InChI is InChI=1S/C27H22ClF4NO5S/c28-22-6-2-5-21(27(31)32)20(22)10-7-16-8-11-24-23(13-16)33(15-18(38-24)9-12-25(34)35)39(36,37)19-4-1-3-17(14-19)26(29)30/h1-8,10-11,13-14,18,26-27H,9,12,15H2,(H,34,35)/b10-7+/t18-/m0/s1. The number of fused-ring (bicyclic) bond motifs is 1. The molecule has 0 saturated carbocycles. The van der Waals surface area contributed by atoms with Gasteiger partial charge in [-0.1, -0.05) is 54.1 Å². The second kappa shape index (κ2) is 11.7. The second-order valence-electron chi connectivity index (χ2n) is 8.69. The topological polar surface area (TPSA) is 83.9 Å². The van der Waals surface area contributed by atoms with Crippen LogP contribution in [0.5, 0.6) is 5.75 Å². The quantitative estimate of drug-likeness (QED) is 0.213. The van der Waals surface area contributed by atoms with E-state index in [-0.39, 0.29) is 51.9 Å². The highest BCUT2D eigenvalue weighted by Crippen LogP contribution is 2.39. The Labute approximate surface area is 227 Å². The van der Waals surface area contributed by atoms with Gasteiger partial charge in [-0.05, 0) is 42.3 Å². The van der Waals surface area contributed by atoms with Crippen molar-refractivity contribution in [2.75, 3.05) is 10.8 Å². The average molecular weight is 584 g/mol. The third kappa shape index (κ3) is 6.36. The molecule has 0 bridgehead atoms. The summed E-state index contributed by atoms with van der Waals surface area (Å²) in [4.78, 5) is 10.7. The van der Waals surface area contributed by atoms with Crippen LogP contribution in [-0.2, 0) is 14.8 Å². The summed E-state index contributed by atoms with van der Waals surface area (Å²) in [6, 6.07) is 13.0. The van der Waals surface area contributed by atoms with Crippen molar-refractivity contribution in [2.24, 2.45) is 0 Å². The number of halogens is 5. The first kappa shape index (κ1) is 28.4. The van der Waals surface area contributed by atoms with Crippen molar-refractivity contribution in [2.45, 2.75) is 36.7 Å². The van der Waals surface area contributed by atoms with Gasteiger partial charge in [-0.25, -0.2) is 26.0 Å². The molecule has 0 saturated heterocycles. The number of benzene rings is 3. The van der Waals surface area contributed by atoms with Crippen LogP contribution in [0, 0.1) is 0 Å². The Morgan fingerprint density at radius 2 is 1.79 bits per heavy atom. The van der Waals surface area contributed by atoms with Gasteiger partial charge in [0.25, 0.3) is 22.9 Å². The molecule has 206 valence electrons. The number of carbonyl (C=O) groups is 1. The molecule has 1 aliphatic heterocycles. The van der Waals surface area contributed by atoms with E-state index in [1.54, 1.807) is 6.07 Å². The van der Waals surface area contributed by atoms with Crippen molar-refractivity contribution in [3.63, 3.8) is 0 Å². The molecular formula is C27H22ClF4NO5S. The van der Waals surface area contributed by atoms with Crippen LogP contribution in [0.4, 0.5) is 23.2 Å². The summed E-state index contributed by atoms with van der Waals surface area (Å²) < 4.78 is 87.7. The van der Waals surface area contributed by atoms with Gasteiger partial charge >= 0.3 is 5.97 Å². The highest BCUT2D eigenvalue weighted by atomic mass is 35.5. The normalized spacial score (nSPS) is 15.6. The Balaban J connectivity index is 1.76. The van der Waals surface area contributed by atoms with E-state index in [4.69, 9.17) is 21.4 Å². The Morgan fingerprint density at radius 1 is 1.05 bits per heavy atom. The Hall–Kier alpha value is -3.57. The number of sulfonamides is 1. The number of alkyl halides is 4. The molecule has 1 atom stereocenters. The van der Waals surface area contributed by atoms with E-state index in [0.29, 0.717) is 5.56 Å². The van der Waals surface area contributed by atoms with E-state index >= 15 is 0 Å². The summed E-state index contributed by atoms with van der Waals surface area (Å²) in [7, 11) is -4.38. The highest BCUT2D eigenvalue weighted by Gasteiger charge is 2.35. The number of hydrogen-bond acceptors (Lipinski definition) is 4. The molecule has 0 amide bonds. The molecule has 0 radical (unpaired) electrons. The molecule has 3 aromatic rings. The molecule has 39 heavy (non-hydrogen) atoms. The fourth-order valence-electron chi connectivity index (χ4n) is 4.13. The largest absolute Gasteiger partial charge is 0.486 e. The van der Waals surface area contributed by atoms with Gasteiger partial charge in [0.05, 0.1) is 17.1 Å². The van der Waals surface area contributed by atoms with Crippen LogP contribution in [0.2, 0.25) is 5.02 Å². The van der Waals surface area contributed by atoms with Crippen molar-refractivity contribution >= 4 is 45.4 Å². The summed E-state index contributed by atoms with van der Waals surface area (Å²) >= 11 is 6.12. The van der Waals surface area contributed by atoms with E-state index in [9.17, 15) is 30.8 Å². The third-order valence-electron chi connectivity index (χ3n) is 6.06. The lowest BCUT2D eigenvalue weighted by Crippen LogP contribution is -2.43. The number of aliphatic carboxylic acids is 1. The van der Waals surface area contributed by atoms with Crippen molar-refractivity contribution in [1.82, 2.24) is 0 Å². The van der Waals surface area contributed by atoms with Crippen LogP contribution in [0.3, 0.4) is 0 Å². The molecule has 0 spiro atoms. The van der Waals surface area contributed by atoms with Gasteiger partial charge in [-0.3, -0.25) is 9.10 Å². The lowest BCUT2D eigenvalue weighted by Gasteiger charge is -2.35. The molecule has 6 nitrogen and oxygen atoms in total. The molecule has 1 aliphatic rings. The van der Waals surface area contributed by atoms with Crippen LogP contribution >= 0.6 is 11.6 Å². The number of hydrogen-bond donors (Lipinski definition) is 1. The first-order chi connectivity index (χ1) is 18.5. The predicted molar refractivity (Wildman–Crippen MR) is 139 cm³/mol. The number of carboxylic acid groups (broad SMARTS) is 1. The minimum atomic E-state index is -4.38. The Bertz CT molecular complexity index is 1510. The lowest BCUT2D eigenvalue weighted by molar-refractivity contribution is -0.137. The maximum absolute atomic E-state index is 13.7. The van der Waals surface area contributed by atoms with Gasteiger partial charge in [0.15, 0.2) is 0 Å². The summed E-state index contributed by atoms with van der Waals surface area (Å²) in [5, 5.41) is 9.17. The van der Waals surface area contributed by atoms with Gasteiger partial charge in [0, 0.05) is 28.1 Å². The SMILES string of the molecule is O=C(O)CC[C@H]1CN(S(=O)(=O)c2cccc(C(F)F)c2)c2cc(/C=C/c3c(Cl)cccc3C(F)F)ccc2O1. The van der Waals surface area contributed by atoms with E-state index < -0.39 is 40.5 Å². The molecular weight excluding hydrogens is 562 g/mol. The zero-order valence-corrected chi connectivity index (χ0v) is 21.7. The highest BCUT2D eigenvalue weighted by molar-refractivity contribution is 7.92. The van der Waals surface area contributed by atoms with Gasteiger partial charge in [0.2, 0.25) is 0 Å². The molecule has 3 aromatic carbocycles. The second-order valence-corrected chi connectivity index (χ2v) is 11.0. The van der Waals surface area contributed by atoms with Gasteiger partial charge in [-0.2, -0.15) is 0 Å². The summed E-state index contributed by atoms with van der Waals surface area (Å²) in [5.74, 6) is -0.958. The fourth-order valence-corrected chi connectivity index (χ4v) is 5.93. The van der Waals surface area contributed by atoms with Crippen LogP contribution in [0.1, 0.15) is 47.9 Å². The number of rotatable bonds is 9. The van der Waals surface area contributed by atoms with Crippen LogP contribution < -0.4 is 9.04 Å². The van der Waals surface area contributed by atoms with Crippen molar-refractivity contribution in [1.29, 1.82) is 0 Å². The van der Waals surface area contributed by atoms with Gasteiger partial charge < -0.3 is 9.84 Å². The molecule has 0 aromatic heterocycles. The molecule has 1 N–H and O–H groups in total. The maximum Gasteiger partial charge on any atom is 0.303 e. The van der Waals surface area contributed by atoms with Crippen LogP contribution in [0.25, 0.3) is 12.2 Å². The molecule has 12 heteroatoms. The van der Waals surface area contributed by atoms with E-state index in [1.165, 1.54) is 54.6 Å². The van der Waals surface area contributed by atoms with E-state index in [1.807, 2.05) is 0 Å². The maximum atomic E-state index is 13.7. The van der Waals surface area contributed by atoms with Crippen LogP contribution in [-0.4, -0.2) is 32.1 Å². The fraction of sp³-hybridized carbons (Fsp3) is 0.222. The minimum absolute atomic E-state index is 0.00241. The average Bonchev–Trinajstić information content (AvgIpc) is 2.90. The third-order valence-corrected chi connectivity index (χ3v) is 8.16. The molecule has 0 aliphatic carbocycles. The Morgan fingerprint density at radius 3 is 2.49 bits per heavy atom. The summed E-state index contributed by atoms with van der Waals surface area (Å²) in [6.07, 6.45) is -3.89. The number of nitrogens with zero attached hydrogens (tertiary/aromatic N) is 1. The molecule has 4 rings (SSSR count). The van der Waals surface area contributed by atoms with Gasteiger partial charge in [0.1, 0.15) is 11.9 Å². The number of carboxylic acids is 1. The van der Waals surface area contributed by atoms with E-state index in [2.05, 4.69) is 0 Å². The van der Waals surface area contributed by atoms with E-state index in [0.717, 1.165) is 16.4 Å². The van der Waals surface area contributed by atoms with Crippen molar-refractivity contribution in [3.05, 3.63) is 87.9 Å². The van der Waals surface area contributed by atoms with Gasteiger partial charge in [-0.15, -0.1) is 0 Å². The lowest BCUT2D eigenvalue weighted by atomic mass is 10.0. The monoisotopic (exact) mass is 583 g/mol. The first-order valence-electron chi connectivity index (χ1n) is 11.7. The zero-order valence-electron chi connectivity index (χ0n) is 20.1. The minimum Gasteiger partial charge on any atom is -0.486 e. The molecule has 0 fully saturated rings. The summed E-state index contributed by atoms with van der Waals surface area (Å²) in [6.45, 7) is -0.269. The van der Waals surface area contributed by atoms with Crippen LogP contribution in [0.15, 0.2) is 65.6 Å². The summed E-state index contributed by atoms with van der Waals surface area (Å²) in [5.41, 5.74) is -0.143.